The van der Waals surface area contributed by atoms with Crippen LogP contribution >= 0.6 is 0 Å². The van der Waals surface area contributed by atoms with Crippen molar-refractivity contribution in [2.24, 2.45) is 0 Å². The van der Waals surface area contributed by atoms with E-state index in [0.29, 0.717) is 42.9 Å². The zero-order chi connectivity index (χ0) is 18.8. The van der Waals surface area contributed by atoms with Crippen molar-refractivity contribution in [1.29, 1.82) is 0 Å². The molecule has 0 atom stereocenters. The third kappa shape index (κ3) is 3.46. The maximum atomic E-state index is 12.9. The Bertz CT molecular complexity index is 971. The number of aromatic nitrogens is 4. The lowest BCUT2D eigenvalue weighted by Gasteiger charge is -2.25. The molecule has 3 aromatic rings. The zero-order valence-corrected chi connectivity index (χ0v) is 15.1. The second-order valence-electron chi connectivity index (χ2n) is 6.15. The maximum absolute atomic E-state index is 12.9. The molecule has 1 aromatic carbocycles. The molecule has 0 bridgehead atoms. The summed E-state index contributed by atoms with van der Waals surface area (Å²) in [4.78, 5) is 23.1. The van der Waals surface area contributed by atoms with Crippen LogP contribution in [-0.2, 0) is 13.2 Å². The van der Waals surface area contributed by atoms with Crippen LogP contribution in [0.4, 0.5) is 5.95 Å². The van der Waals surface area contributed by atoms with Crippen molar-refractivity contribution in [2.45, 2.75) is 20.1 Å². The predicted octanol–water partition coefficient (Wildman–Crippen LogP) is 2.23. The lowest BCUT2D eigenvalue weighted by molar-refractivity contribution is 0.0960. The third-order valence-corrected chi connectivity index (χ3v) is 4.23. The zero-order valence-electron chi connectivity index (χ0n) is 15.1. The summed E-state index contributed by atoms with van der Waals surface area (Å²) in [5, 5.41) is 4.47. The number of anilines is 1. The highest BCUT2D eigenvalue weighted by Crippen LogP contribution is 2.21. The molecule has 0 N–H and O–H groups in total. The topological polar surface area (TPSA) is 82.4 Å². The molecule has 0 saturated carbocycles. The van der Waals surface area contributed by atoms with Crippen LogP contribution in [0.1, 0.15) is 21.9 Å². The van der Waals surface area contributed by atoms with E-state index in [0.717, 1.165) is 11.4 Å². The summed E-state index contributed by atoms with van der Waals surface area (Å²) in [5.41, 5.74) is 1.93. The fourth-order valence-corrected chi connectivity index (χ4v) is 2.93. The lowest BCUT2D eigenvalue weighted by Crippen LogP contribution is -2.41. The molecule has 1 amide bonds. The fraction of sp³-hybridized carbons (Fsp3) is 0.263. The van der Waals surface area contributed by atoms with E-state index in [2.05, 4.69) is 15.1 Å². The van der Waals surface area contributed by atoms with Crippen LogP contribution in [0.25, 0.3) is 0 Å². The van der Waals surface area contributed by atoms with E-state index in [1.807, 2.05) is 37.3 Å². The van der Waals surface area contributed by atoms with Gasteiger partial charge >= 0.3 is 0 Å². The first-order valence-electron chi connectivity index (χ1n) is 8.60. The van der Waals surface area contributed by atoms with Crippen molar-refractivity contribution >= 4 is 11.9 Å². The molecule has 8 heteroatoms. The van der Waals surface area contributed by atoms with Crippen molar-refractivity contribution in [1.82, 2.24) is 19.7 Å². The Balaban J connectivity index is 1.54. The van der Waals surface area contributed by atoms with Gasteiger partial charge in [-0.15, -0.1) is 0 Å². The molecule has 8 nitrogen and oxygen atoms in total. The number of carbonyl (C=O) groups excluding carboxylic acids is 1. The van der Waals surface area contributed by atoms with E-state index in [1.54, 1.807) is 21.7 Å². The Morgan fingerprint density at radius 2 is 1.93 bits per heavy atom. The van der Waals surface area contributed by atoms with Crippen LogP contribution in [0.3, 0.4) is 0 Å². The van der Waals surface area contributed by atoms with Gasteiger partial charge in [0.25, 0.3) is 5.91 Å². The molecule has 27 heavy (non-hydrogen) atoms. The molecule has 0 fully saturated rings. The molecule has 0 saturated heterocycles. The van der Waals surface area contributed by atoms with Crippen molar-refractivity contribution in [3.63, 3.8) is 0 Å². The maximum Gasteiger partial charge on any atom is 0.278 e. The number of aryl methyl sites for hydroxylation is 1. The minimum absolute atomic E-state index is 0.188. The molecular weight excluding hydrogens is 346 g/mol. The second kappa shape index (κ2) is 7.06. The number of benzene rings is 1. The van der Waals surface area contributed by atoms with Gasteiger partial charge in [0.15, 0.2) is 0 Å². The van der Waals surface area contributed by atoms with Gasteiger partial charge in [0.05, 0.1) is 13.7 Å². The molecule has 0 radical (unpaired) electrons. The van der Waals surface area contributed by atoms with Crippen LogP contribution in [0.2, 0.25) is 0 Å². The van der Waals surface area contributed by atoms with Gasteiger partial charge in [-0.1, -0.05) is 18.2 Å². The van der Waals surface area contributed by atoms with E-state index < -0.39 is 0 Å². The number of nitrogens with zero attached hydrogens (tertiary/aromatic N) is 5. The van der Waals surface area contributed by atoms with Crippen LogP contribution in [-0.4, -0.2) is 39.3 Å². The highest BCUT2D eigenvalue weighted by Gasteiger charge is 2.29. The number of carbonyl (C=O) groups is 1. The second-order valence-corrected chi connectivity index (χ2v) is 6.15. The average molecular weight is 365 g/mol. The van der Waals surface area contributed by atoms with Gasteiger partial charge in [-0.25, -0.2) is 4.98 Å². The number of methoxy groups -OCH3 is 1. The first-order valence-corrected chi connectivity index (χ1v) is 8.60. The van der Waals surface area contributed by atoms with Crippen LogP contribution < -0.4 is 14.4 Å². The molecular formula is C19H19N5O3. The molecule has 3 heterocycles. The smallest absolute Gasteiger partial charge is 0.278 e. The van der Waals surface area contributed by atoms with Crippen molar-refractivity contribution in [2.75, 3.05) is 18.6 Å². The lowest BCUT2D eigenvalue weighted by atomic mass is 10.2. The van der Waals surface area contributed by atoms with Crippen LogP contribution in [0.5, 0.6) is 11.6 Å². The van der Waals surface area contributed by atoms with E-state index >= 15 is 0 Å². The molecule has 0 unspecified atom stereocenters. The number of para-hydroxylation sites is 1. The SMILES string of the molecule is COc1cc(C)nc(N2CCn3nc(COc4ccccc4)cc3C2=O)n1. The number of hydrogen-bond acceptors (Lipinski definition) is 6. The number of amides is 1. The highest BCUT2D eigenvalue weighted by atomic mass is 16.5. The molecule has 138 valence electrons. The standard InChI is InChI=1S/C19H19N5O3/c1-13-10-17(26-2)21-19(20-13)23-8-9-24-16(18(23)25)11-14(22-24)12-27-15-6-4-3-5-7-15/h3-7,10-11H,8-9,12H2,1-2H3. The van der Waals surface area contributed by atoms with Gasteiger partial charge < -0.3 is 9.47 Å². The van der Waals surface area contributed by atoms with Gasteiger partial charge in [0, 0.05) is 18.3 Å². The van der Waals surface area contributed by atoms with Gasteiger partial charge in [-0.2, -0.15) is 10.1 Å². The van der Waals surface area contributed by atoms with E-state index in [9.17, 15) is 4.79 Å². The van der Waals surface area contributed by atoms with Crippen molar-refractivity contribution < 1.29 is 14.3 Å². The van der Waals surface area contributed by atoms with Crippen LogP contribution in [0, 0.1) is 6.92 Å². The monoisotopic (exact) mass is 365 g/mol. The average Bonchev–Trinajstić information content (AvgIpc) is 3.11. The Morgan fingerprint density at radius 1 is 1.11 bits per heavy atom. The molecule has 0 aliphatic carbocycles. The van der Waals surface area contributed by atoms with Crippen LogP contribution in [0.15, 0.2) is 42.5 Å². The summed E-state index contributed by atoms with van der Waals surface area (Å²) in [6.07, 6.45) is 0. The fourth-order valence-electron chi connectivity index (χ4n) is 2.93. The minimum Gasteiger partial charge on any atom is -0.487 e. The predicted molar refractivity (Wildman–Crippen MR) is 98.0 cm³/mol. The van der Waals surface area contributed by atoms with E-state index in [1.165, 1.54) is 7.11 Å². The molecule has 2 aromatic heterocycles. The summed E-state index contributed by atoms with van der Waals surface area (Å²) in [6.45, 7) is 3.14. The summed E-state index contributed by atoms with van der Waals surface area (Å²) in [7, 11) is 1.54. The number of fused-ring (bicyclic) bond motifs is 1. The Labute approximate surface area is 156 Å². The van der Waals surface area contributed by atoms with E-state index in [4.69, 9.17) is 9.47 Å². The molecule has 1 aliphatic heterocycles. The third-order valence-electron chi connectivity index (χ3n) is 4.23. The normalized spacial score (nSPS) is 13.4. The first kappa shape index (κ1) is 17.0. The Kier molecular flexibility index (Phi) is 4.45. The largest absolute Gasteiger partial charge is 0.487 e. The number of ether oxygens (including phenoxy) is 2. The minimum atomic E-state index is -0.188. The van der Waals surface area contributed by atoms with Crippen molar-refractivity contribution in [3.8, 4) is 11.6 Å². The summed E-state index contributed by atoms with van der Waals surface area (Å²) < 4.78 is 12.6. The van der Waals surface area contributed by atoms with Gasteiger partial charge in [0.2, 0.25) is 11.8 Å². The number of hydrogen-bond donors (Lipinski definition) is 0. The summed E-state index contributed by atoms with van der Waals surface area (Å²) in [6, 6.07) is 13.0. The van der Waals surface area contributed by atoms with Gasteiger partial charge in [-0.05, 0) is 25.1 Å². The Morgan fingerprint density at radius 3 is 2.70 bits per heavy atom. The molecule has 1 aliphatic rings. The van der Waals surface area contributed by atoms with Crippen molar-refractivity contribution in [3.05, 3.63) is 59.5 Å². The molecule has 4 rings (SSSR count). The first-order chi connectivity index (χ1) is 13.1. The summed E-state index contributed by atoms with van der Waals surface area (Å²) >= 11 is 0. The molecule has 0 spiro atoms. The summed E-state index contributed by atoms with van der Waals surface area (Å²) in [5.74, 6) is 1.34. The van der Waals surface area contributed by atoms with E-state index in [-0.39, 0.29) is 5.91 Å². The van der Waals surface area contributed by atoms with Gasteiger partial charge in [0.1, 0.15) is 23.7 Å². The quantitative estimate of drug-likeness (QED) is 0.690. The highest BCUT2D eigenvalue weighted by molar-refractivity contribution is 6.04. The van der Waals surface area contributed by atoms with Gasteiger partial charge in [-0.3, -0.25) is 14.4 Å². The number of rotatable bonds is 5. The Hall–Kier alpha value is -3.42.